The number of pyridine rings is 1. The number of likely N-dealkylation sites (tertiary alicyclic amines) is 1. The van der Waals surface area contributed by atoms with Gasteiger partial charge in [-0.25, -0.2) is 0 Å². The summed E-state index contributed by atoms with van der Waals surface area (Å²) in [7, 11) is 3.96. The third-order valence-electron chi connectivity index (χ3n) is 5.48. The van der Waals surface area contributed by atoms with Gasteiger partial charge in [0.05, 0.1) is 24.0 Å². The van der Waals surface area contributed by atoms with E-state index in [0.717, 1.165) is 38.3 Å². The van der Waals surface area contributed by atoms with Crippen molar-refractivity contribution in [3.8, 4) is 0 Å². The molecule has 1 amide bonds. The number of rotatable bonds is 3. The highest BCUT2D eigenvalue weighted by Gasteiger charge is 2.47. The molecule has 0 bridgehead atoms. The molecule has 0 N–H and O–H groups in total. The van der Waals surface area contributed by atoms with E-state index < -0.39 is 0 Å². The molecule has 2 saturated heterocycles. The van der Waals surface area contributed by atoms with Crippen LogP contribution in [0.4, 0.5) is 5.69 Å². The Labute approximate surface area is 147 Å². The average Bonchev–Trinajstić information content (AvgIpc) is 3.20. The minimum Gasteiger partial charge on any atom is -0.306 e. The Bertz CT molecular complexity index is 760. The van der Waals surface area contributed by atoms with Gasteiger partial charge in [-0.15, -0.1) is 0 Å². The molecule has 4 rings (SSSR count). The van der Waals surface area contributed by atoms with Crippen LogP contribution in [0.15, 0.2) is 36.9 Å². The summed E-state index contributed by atoms with van der Waals surface area (Å²) >= 11 is 0. The van der Waals surface area contributed by atoms with Crippen molar-refractivity contribution < 1.29 is 4.79 Å². The SMILES string of the molecule is CN1CC(=O)N(c2cnn(C)c2)CC12CCN(Cc1cccnc1)C2. The van der Waals surface area contributed by atoms with Crippen LogP contribution in [0.25, 0.3) is 0 Å². The maximum atomic E-state index is 12.6. The lowest BCUT2D eigenvalue weighted by Crippen LogP contribution is -2.64. The minimum atomic E-state index is 0.00591. The van der Waals surface area contributed by atoms with E-state index in [1.54, 1.807) is 17.1 Å². The highest BCUT2D eigenvalue weighted by atomic mass is 16.2. The number of aromatic nitrogens is 3. The number of nitrogens with zero attached hydrogens (tertiary/aromatic N) is 6. The number of carbonyl (C=O) groups excluding carboxylic acids is 1. The van der Waals surface area contributed by atoms with Crippen LogP contribution in [-0.4, -0.2) is 69.2 Å². The zero-order valence-corrected chi connectivity index (χ0v) is 14.8. The first-order chi connectivity index (χ1) is 12.1. The fourth-order valence-corrected chi connectivity index (χ4v) is 4.01. The van der Waals surface area contributed by atoms with Crippen molar-refractivity contribution in [2.45, 2.75) is 18.5 Å². The van der Waals surface area contributed by atoms with Gasteiger partial charge in [0.15, 0.2) is 0 Å². The predicted octanol–water partition coefficient (Wildman–Crippen LogP) is 0.738. The standard InChI is InChI=1S/C18H24N6O/c1-21-12-17(25)24(16-9-20-22(2)11-16)14-18(21)5-7-23(13-18)10-15-4-3-6-19-8-15/h3-4,6,8-9,11H,5,7,10,12-14H2,1-2H3. The Kier molecular flexibility index (Phi) is 4.05. The fraction of sp³-hybridized carbons (Fsp3) is 0.500. The van der Waals surface area contributed by atoms with Crippen LogP contribution in [-0.2, 0) is 18.4 Å². The molecular weight excluding hydrogens is 316 g/mol. The van der Waals surface area contributed by atoms with E-state index in [0.29, 0.717) is 6.54 Å². The van der Waals surface area contributed by atoms with Crippen LogP contribution < -0.4 is 4.90 Å². The smallest absolute Gasteiger partial charge is 0.241 e. The highest BCUT2D eigenvalue weighted by molar-refractivity contribution is 5.95. The van der Waals surface area contributed by atoms with Gasteiger partial charge in [0.2, 0.25) is 5.91 Å². The topological polar surface area (TPSA) is 57.5 Å². The van der Waals surface area contributed by atoms with Crippen LogP contribution in [0.2, 0.25) is 0 Å². The molecule has 2 fully saturated rings. The van der Waals surface area contributed by atoms with Gasteiger partial charge in [0, 0.05) is 51.8 Å². The average molecular weight is 340 g/mol. The quantitative estimate of drug-likeness (QED) is 0.825. The summed E-state index contributed by atoms with van der Waals surface area (Å²) in [6.07, 6.45) is 8.49. The first kappa shape index (κ1) is 16.2. The number of hydrogen-bond acceptors (Lipinski definition) is 5. The van der Waals surface area contributed by atoms with Crippen molar-refractivity contribution in [3.63, 3.8) is 0 Å². The van der Waals surface area contributed by atoms with Crippen molar-refractivity contribution in [2.75, 3.05) is 38.1 Å². The summed E-state index contributed by atoms with van der Waals surface area (Å²) in [5, 5.41) is 4.22. The number of likely N-dealkylation sites (N-methyl/N-ethyl adjacent to an activating group) is 1. The molecule has 2 aliphatic rings. The van der Waals surface area contributed by atoms with Crippen molar-refractivity contribution in [1.82, 2.24) is 24.6 Å². The number of aryl methyl sites for hydroxylation is 1. The molecule has 7 heteroatoms. The second kappa shape index (κ2) is 6.24. The predicted molar refractivity (Wildman–Crippen MR) is 95.1 cm³/mol. The van der Waals surface area contributed by atoms with Gasteiger partial charge in [-0.2, -0.15) is 5.10 Å². The van der Waals surface area contributed by atoms with Gasteiger partial charge in [-0.1, -0.05) is 6.07 Å². The molecule has 0 radical (unpaired) electrons. The van der Waals surface area contributed by atoms with E-state index in [4.69, 9.17) is 0 Å². The molecular formula is C18H24N6O. The summed E-state index contributed by atoms with van der Waals surface area (Å²) < 4.78 is 1.75. The van der Waals surface area contributed by atoms with Crippen LogP contribution >= 0.6 is 0 Å². The van der Waals surface area contributed by atoms with E-state index in [9.17, 15) is 4.79 Å². The number of amides is 1. The third kappa shape index (κ3) is 3.05. The molecule has 4 heterocycles. The number of anilines is 1. The first-order valence-electron chi connectivity index (χ1n) is 8.67. The van der Waals surface area contributed by atoms with Gasteiger partial charge < -0.3 is 4.90 Å². The van der Waals surface area contributed by atoms with E-state index >= 15 is 0 Å². The maximum Gasteiger partial charge on any atom is 0.241 e. The van der Waals surface area contributed by atoms with Crippen molar-refractivity contribution >= 4 is 11.6 Å². The van der Waals surface area contributed by atoms with Gasteiger partial charge in [0.25, 0.3) is 0 Å². The van der Waals surface area contributed by atoms with Crippen molar-refractivity contribution in [2.24, 2.45) is 7.05 Å². The lowest BCUT2D eigenvalue weighted by atomic mass is 9.93. The largest absolute Gasteiger partial charge is 0.306 e. The Balaban J connectivity index is 1.51. The van der Waals surface area contributed by atoms with Crippen LogP contribution in [0, 0.1) is 0 Å². The molecule has 2 aliphatic heterocycles. The summed E-state index contributed by atoms with van der Waals surface area (Å²) in [6, 6.07) is 4.10. The molecule has 7 nitrogen and oxygen atoms in total. The second-order valence-electron chi connectivity index (χ2n) is 7.25. The summed E-state index contributed by atoms with van der Waals surface area (Å²) in [5.41, 5.74) is 2.13. The molecule has 132 valence electrons. The molecule has 2 aromatic rings. The Morgan fingerprint density at radius 1 is 1.24 bits per heavy atom. The molecule has 1 atom stereocenters. The number of carbonyl (C=O) groups is 1. The summed E-state index contributed by atoms with van der Waals surface area (Å²) in [5.74, 6) is 0.145. The number of piperazine rings is 1. The number of hydrogen-bond donors (Lipinski definition) is 0. The zero-order chi connectivity index (χ0) is 17.4. The monoisotopic (exact) mass is 340 g/mol. The zero-order valence-electron chi connectivity index (χ0n) is 14.8. The maximum absolute atomic E-state index is 12.6. The van der Waals surface area contributed by atoms with Crippen LogP contribution in [0.3, 0.4) is 0 Å². The summed E-state index contributed by atoms with van der Waals surface area (Å²) in [4.78, 5) is 23.4. The highest BCUT2D eigenvalue weighted by Crippen LogP contribution is 2.33. The van der Waals surface area contributed by atoms with E-state index in [1.165, 1.54) is 5.56 Å². The Hall–Kier alpha value is -2.25. The Morgan fingerprint density at radius 2 is 2.12 bits per heavy atom. The fourth-order valence-electron chi connectivity index (χ4n) is 4.01. The second-order valence-corrected chi connectivity index (χ2v) is 7.25. The van der Waals surface area contributed by atoms with Gasteiger partial charge in [-0.05, 0) is 25.1 Å². The summed E-state index contributed by atoms with van der Waals surface area (Å²) in [6.45, 7) is 4.08. The van der Waals surface area contributed by atoms with E-state index in [2.05, 4.69) is 33.0 Å². The minimum absolute atomic E-state index is 0.00591. The van der Waals surface area contributed by atoms with Crippen molar-refractivity contribution in [3.05, 3.63) is 42.5 Å². The normalized spacial score (nSPS) is 25.2. The van der Waals surface area contributed by atoms with E-state index in [1.807, 2.05) is 30.4 Å². The first-order valence-corrected chi connectivity index (χ1v) is 8.67. The van der Waals surface area contributed by atoms with Gasteiger partial charge in [0.1, 0.15) is 0 Å². The molecule has 0 saturated carbocycles. The Morgan fingerprint density at radius 3 is 2.84 bits per heavy atom. The molecule has 25 heavy (non-hydrogen) atoms. The molecule has 2 aromatic heterocycles. The molecule has 0 aromatic carbocycles. The van der Waals surface area contributed by atoms with Crippen LogP contribution in [0.1, 0.15) is 12.0 Å². The van der Waals surface area contributed by atoms with Crippen molar-refractivity contribution in [1.29, 1.82) is 0 Å². The van der Waals surface area contributed by atoms with Gasteiger partial charge >= 0.3 is 0 Å². The third-order valence-corrected chi connectivity index (χ3v) is 5.48. The van der Waals surface area contributed by atoms with Gasteiger partial charge in [-0.3, -0.25) is 24.3 Å². The molecule has 0 aliphatic carbocycles. The lowest BCUT2D eigenvalue weighted by molar-refractivity contribution is -0.123. The van der Waals surface area contributed by atoms with E-state index in [-0.39, 0.29) is 11.4 Å². The molecule has 1 unspecified atom stereocenters. The lowest BCUT2D eigenvalue weighted by Gasteiger charge is -2.46. The van der Waals surface area contributed by atoms with Crippen LogP contribution in [0.5, 0.6) is 0 Å². The molecule has 1 spiro atoms.